The predicted octanol–water partition coefficient (Wildman–Crippen LogP) is 4.27. The maximum absolute atomic E-state index is 11.2. The number of benzene rings is 1. The van der Waals surface area contributed by atoms with Gasteiger partial charge in [-0.05, 0) is 61.5 Å². The van der Waals surface area contributed by atoms with Gasteiger partial charge in [-0.3, -0.25) is 0 Å². The second kappa shape index (κ2) is 8.44. The van der Waals surface area contributed by atoms with Crippen molar-refractivity contribution in [2.24, 2.45) is 0 Å². The molecule has 0 spiro atoms. The van der Waals surface area contributed by atoms with Crippen molar-refractivity contribution < 1.29 is 9.53 Å². The van der Waals surface area contributed by atoms with Gasteiger partial charge in [0.1, 0.15) is 0 Å². The Morgan fingerprint density at radius 3 is 2.58 bits per heavy atom. The van der Waals surface area contributed by atoms with Crippen LogP contribution < -0.4 is 0 Å². The highest BCUT2D eigenvalue weighted by atomic mass is 32.2. The molecule has 0 radical (unpaired) electrons. The smallest absolute Gasteiger partial charge is 0.337 e. The summed E-state index contributed by atoms with van der Waals surface area (Å²) in [4.78, 5) is 12.3. The summed E-state index contributed by atoms with van der Waals surface area (Å²) in [5.74, 6) is 2.80. The Hall–Kier alpha value is -1.66. The van der Waals surface area contributed by atoms with Crippen LogP contribution in [0.1, 0.15) is 37.0 Å². The fraction of sp³-hybridized carbons (Fsp3) is 0.312. The Labute approximate surface area is 119 Å². The molecule has 1 rings (SSSR count). The van der Waals surface area contributed by atoms with E-state index in [1.807, 2.05) is 12.1 Å². The predicted molar refractivity (Wildman–Crippen MR) is 80.1 cm³/mol. The lowest BCUT2D eigenvalue weighted by Gasteiger charge is -1.99. The van der Waals surface area contributed by atoms with E-state index in [1.54, 1.807) is 12.1 Å². The summed E-state index contributed by atoms with van der Waals surface area (Å²) < 4.78 is 4.64. The lowest BCUT2D eigenvalue weighted by Crippen LogP contribution is -1.99. The highest BCUT2D eigenvalue weighted by Crippen LogP contribution is 2.17. The summed E-state index contributed by atoms with van der Waals surface area (Å²) in [5, 5.41) is 3.06. The fourth-order valence-corrected chi connectivity index (χ4v) is 1.92. The molecule has 0 aliphatic rings. The van der Waals surface area contributed by atoms with Crippen LogP contribution in [0.3, 0.4) is 0 Å². The first-order valence-electron chi connectivity index (χ1n) is 6.10. The van der Waals surface area contributed by atoms with Crippen LogP contribution in [0.4, 0.5) is 0 Å². The van der Waals surface area contributed by atoms with Crippen molar-refractivity contribution in [2.45, 2.75) is 31.6 Å². The fourth-order valence-electron chi connectivity index (χ4n) is 1.36. The molecule has 1 aromatic rings. The summed E-state index contributed by atoms with van der Waals surface area (Å²) in [6.07, 6.45) is 4.06. The van der Waals surface area contributed by atoms with Gasteiger partial charge >= 0.3 is 5.97 Å². The minimum absolute atomic E-state index is 0.315. The number of hydrogen-bond donors (Lipinski definition) is 0. The zero-order chi connectivity index (χ0) is 14.1. The number of allylic oxidation sites excluding steroid dienone is 2. The Morgan fingerprint density at radius 2 is 2.00 bits per heavy atom. The van der Waals surface area contributed by atoms with Crippen LogP contribution in [0.2, 0.25) is 0 Å². The van der Waals surface area contributed by atoms with Gasteiger partial charge in [0.05, 0.1) is 12.7 Å². The van der Waals surface area contributed by atoms with Gasteiger partial charge in [-0.15, -0.1) is 0 Å². The number of carbonyl (C=O) groups excluding carboxylic acids is 1. The van der Waals surface area contributed by atoms with Gasteiger partial charge in [0.2, 0.25) is 0 Å². The minimum atomic E-state index is -0.315. The van der Waals surface area contributed by atoms with Crippen LogP contribution in [0.15, 0.2) is 40.8 Å². The number of unbranched alkanes of at least 4 members (excludes halogenated alkanes) is 1. The topological polar surface area (TPSA) is 26.3 Å². The van der Waals surface area contributed by atoms with Crippen LogP contribution in [0.5, 0.6) is 0 Å². The van der Waals surface area contributed by atoms with Crippen LogP contribution in [0.25, 0.3) is 0 Å². The summed E-state index contributed by atoms with van der Waals surface area (Å²) in [7, 11) is 1.38. The van der Waals surface area contributed by atoms with Gasteiger partial charge < -0.3 is 4.74 Å². The zero-order valence-electron chi connectivity index (χ0n) is 11.5. The normalized spacial score (nSPS) is 9.21. The molecule has 0 atom stereocenters. The Bertz CT molecular complexity index is 500. The third kappa shape index (κ3) is 6.17. The molecular formula is C16H18O2S. The van der Waals surface area contributed by atoms with Crippen molar-refractivity contribution in [2.75, 3.05) is 7.11 Å². The zero-order valence-corrected chi connectivity index (χ0v) is 12.3. The SMILES string of the molecule is COC(=O)c1ccc(SC#CCCC=C(C)C)cc1. The standard InChI is InChI=1S/C16H18O2S/c1-13(2)7-5-4-6-12-19-15-10-8-14(9-11-15)16(17)18-3/h7-11H,4-5H2,1-3H3. The maximum Gasteiger partial charge on any atom is 0.337 e. The Morgan fingerprint density at radius 1 is 1.32 bits per heavy atom. The first-order valence-corrected chi connectivity index (χ1v) is 6.91. The molecule has 0 aliphatic heterocycles. The second-order valence-electron chi connectivity index (χ2n) is 4.22. The van der Waals surface area contributed by atoms with Crippen LogP contribution in [-0.4, -0.2) is 13.1 Å². The van der Waals surface area contributed by atoms with Gasteiger partial charge in [0.15, 0.2) is 0 Å². The van der Waals surface area contributed by atoms with Gasteiger partial charge in [0.25, 0.3) is 0 Å². The number of rotatable bonds is 4. The largest absolute Gasteiger partial charge is 0.465 e. The third-order valence-electron chi connectivity index (χ3n) is 2.34. The monoisotopic (exact) mass is 274 g/mol. The summed E-state index contributed by atoms with van der Waals surface area (Å²) >= 11 is 1.47. The number of methoxy groups -OCH3 is 1. The molecule has 1 aromatic carbocycles. The van der Waals surface area contributed by atoms with E-state index in [-0.39, 0.29) is 5.97 Å². The van der Waals surface area contributed by atoms with Gasteiger partial charge in [-0.2, -0.15) is 0 Å². The lowest BCUT2D eigenvalue weighted by atomic mass is 10.2. The van der Waals surface area contributed by atoms with Crippen molar-refractivity contribution in [3.05, 3.63) is 41.5 Å². The summed E-state index contributed by atoms with van der Waals surface area (Å²) in [6, 6.07) is 7.25. The van der Waals surface area contributed by atoms with E-state index in [2.05, 4.69) is 35.8 Å². The maximum atomic E-state index is 11.2. The van der Waals surface area contributed by atoms with E-state index in [4.69, 9.17) is 0 Å². The van der Waals surface area contributed by atoms with Crippen molar-refractivity contribution in [1.29, 1.82) is 0 Å². The second-order valence-corrected chi connectivity index (χ2v) is 5.10. The molecule has 3 heteroatoms. The molecule has 0 bridgehead atoms. The number of hydrogen-bond acceptors (Lipinski definition) is 3. The van der Waals surface area contributed by atoms with E-state index in [0.29, 0.717) is 5.56 Å². The first kappa shape index (κ1) is 15.4. The van der Waals surface area contributed by atoms with E-state index >= 15 is 0 Å². The van der Waals surface area contributed by atoms with E-state index < -0.39 is 0 Å². The minimum Gasteiger partial charge on any atom is -0.465 e. The van der Waals surface area contributed by atoms with Crippen molar-refractivity contribution in [3.8, 4) is 11.2 Å². The molecule has 0 aromatic heterocycles. The number of ether oxygens (including phenoxy) is 1. The highest BCUT2D eigenvalue weighted by Gasteiger charge is 2.03. The molecule has 100 valence electrons. The Kier molecular flexibility index (Phi) is 6.84. The van der Waals surface area contributed by atoms with Gasteiger partial charge in [-0.1, -0.05) is 17.6 Å². The van der Waals surface area contributed by atoms with E-state index in [0.717, 1.165) is 17.7 Å². The van der Waals surface area contributed by atoms with Crippen molar-refractivity contribution in [3.63, 3.8) is 0 Å². The van der Waals surface area contributed by atoms with Gasteiger partial charge in [0, 0.05) is 11.3 Å². The molecule has 0 unspecified atom stereocenters. The summed E-state index contributed by atoms with van der Waals surface area (Å²) in [6.45, 7) is 4.18. The van der Waals surface area contributed by atoms with E-state index in [1.165, 1.54) is 24.4 Å². The molecule has 19 heavy (non-hydrogen) atoms. The molecule has 0 amide bonds. The number of carbonyl (C=O) groups is 1. The molecular weight excluding hydrogens is 256 g/mol. The van der Waals surface area contributed by atoms with Crippen LogP contribution in [0, 0.1) is 11.2 Å². The molecule has 0 aliphatic carbocycles. The number of esters is 1. The molecule has 0 saturated carbocycles. The first-order chi connectivity index (χ1) is 9.13. The Balaban J connectivity index is 2.44. The molecule has 2 nitrogen and oxygen atoms in total. The molecule has 0 heterocycles. The van der Waals surface area contributed by atoms with Gasteiger partial charge in [-0.25, -0.2) is 4.79 Å². The average Bonchev–Trinajstić information content (AvgIpc) is 2.42. The highest BCUT2D eigenvalue weighted by molar-refractivity contribution is 8.03. The molecule has 0 fully saturated rings. The quantitative estimate of drug-likeness (QED) is 0.270. The average molecular weight is 274 g/mol. The molecule has 0 saturated heterocycles. The number of thioether (sulfide) groups is 1. The van der Waals surface area contributed by atoms with Crippen molar-refractivity contribution in [1.82, 2.24) is 0 Å². The lowest BCUT2D eigenvalue weighted by molar-refractivity contribution is 0.0600. The van der Waals surface area contributed by atoms with Crippen LogP contribution in [-0.2, 0) is 4.74 Å². The third-order valence-corrected chi connectivity index (χ3v) is 3.09. The van der Waals surface area contributed by atoms with Crippen LogP contribution >= 0.6 is 11.8 Å². The molecule has 0 N–H and O–H groups in total. The van der Waals surface area contributed by atoms with E-state index in [9.17, 15) is 4.79 Å². The summed E-state index contributed by atoms with van der Waals surface area (Å²) in [5.41, 5.74) is 1.89. The van der Waals surface area contributed by atoms with Crippen molar-refractivity contribution >= 4 is 17.7 Å².